The molecule has 0 aliphatic heterocycles. The van der Waals surface area contributed by atoms with E-state index in [4.69, 9.17) is 9.84 Å². The van der Waals surface area contributed by atoms with E-state index in [1.54, 1.807) is 0 Å². The van der Waals surface area contributed by atoms with Gasteiger partial charge in [0.2, 0.25) is 5.91 Å². The lowest BCUT2D eigenvalue weighted by molar-refractivity contribution is -0.145. The zero-order chi connectivity index (χ0) is 25.6. The van der Waals surface area contributed by atoms with E-state index in [2.05, 4.69) is 29.6 Å². The molecule has 0 spiro atoms. The highest BCUT2D eigenvalue weighted by Gasteiger charge is 2.29. The molecule has 1 unspecified atom stereocenters. The van der Waals surface area contributed by atoms with E-state index in [1.807, 2.05) is 52.0 Å². The fourth-order valence-electron chi connectivity index (χ4n) is 4.57. The summed E-state index contributed by atoms with van der Waals surface area (Å²) < 4.78 is 5.55. The lowest BCUT2D eigenvalue weighted by Gasteiger charge is -2.29. The fourth-order valence-corrected chi connectivity index (χ4v) is 4.57. The van der Waals surface area contributed by atoms with Crippen LogP contribution in [0.3, 0.4) is 0 Å². The number of hydrogen-bond acceptors (Lipinski definition) is 4. The third-order valence-electron chi connectivity index (χ3n) is 6.12. The van der Waals surface area contributed by atoms with Gasteiger partial charge in [0.05, 0.1) is 0 Å². The van der Waals surface area contributed by atoms with Crippen LogP contribution in [0.1, 0.15) is 57.6 Å². The van der Waals surface area contributed by atoms with E-state index in [1.165, 1.54) is 16.0 Å². The number of hydrogen-bond donors (Lipinski definition) is 2. The summed E-state index contributed by atoms with van der Waals surface area (Å²) in [5.74, 6) is -1.21. The van der Waals surface area contributed by atoms with Crippen molar-refractivity contribution in [3.05, 3.63) is 59.7 Å². The quantitative estimate of drug-likeness (QED) is 0.504. The average Bonchev–Trinajstić information content (AvgIpc) is 3.10. The van der Waals surface area contributed by atoms with Crippen molar-refractivity contribution >= 4 is 18.0 Å². The molecule has 2 amide bonds. The molecule has 7 nitrogen and oxygen atoms in total. The molecule has 0 bridgehead atoms. The van der Waals surface area contributed by atoms with Crippen molar-refractivity contribution in [2.45, 2.75) is 46.5 Å². The van der Waals surface area contributed by atoms with Crippen molar-refractivity contribution in [1.29, 1.82) is 0 Å². The van der Waals surface area contributed by atoms with Gasteiger partial charge in [-0.25, -0.2) is 4.79 Å². The first-order valence-corrected chi connectivity index (χ1v) is 12.1. The summed E-state index contributed by atoms with van der Waals surface area (Å²) in [6, 6.07) is 16.4. The zero-order valence-corrected chi connectivity index (χ0v) is 21.0. The fraction of sp³-hybridized carbons (Fsp3) is 0.464. The molecule has 0 aromatic heterocycles. The number of rotatable bonds is 10. The second kappa shape index (κ2) is 11.4. The second-order valence-corrected chi connectivity index (χ2v) is 10.6. The topological polar surface area (TPSA) is 95.9 Å². The second-order valence-electron chi connectivity index (χ2n) is 10.6. The number of nitrogens with one attached hydrogen (secondary N) is 1. The first-order valence-electron chi connectivity index (χ1n) is 12.1. The molecule has 2 aromatic carbocycles. The smallest absolute Gasteiger partial charge is 0.407 e. The number of nitrogens with zero attached hydrogens (tertiary/aromatic N) is 1. The first kappa shape index (κ1) is 26.3. The van der Waals surface area contributed by atoms with Crippen LogP contribution in [0.15, 0.2) is 48.5 Å². The van der Waals surface area contributed by atoms with Crippen LogP contribution in [0.5, 0.6) is 0 Å². The summed E-state index contributed by atoms with van der Waals surface area (Å²) in [6.45, 7) is 8.54. The van der Waals surface area contributed by atoms with Gasteiger partial charge >= 0.3 is 12.1 Å². The Kier molecular flexibility index (Phi) is 8.54. The number of carboxylic acid groups (broad SMARTS) is 1. The van der Waals surface area contributed by atoms with Gasteiger partial charge in [-0.2, -0.15) is 0 Å². The summed E-state index contributed by atoms with van der Waals surface area (Å²) in [5, 5.41) is 11.9. The molecule has 0 radical (unpaired) electrons. The van der Waals surface area contributed by atoms with Crippen LogP contribution >= 0.6 is 0 Å². The van der Waals surface area contributed by atoms with Crippen molar-refractivity contribution in [3.63, 3.8) is 0 Å². The predicted octanol–water partition coefficient (Wildman–Crippen LogP) is 4.90. The summed E-state index contributed by atoms with van der Waals surface area (Å²) in [4.78, 5) is 37.6. The van der Waals surface area contributed by atoms with Crippen LogP contribution in [-0.2, 0) is 14.3 Å². The lowest BCUT2D eigenvalue weighted by atomic mass is 9.95. The number of amides is 2. The summed E-state index contributed by atoms with van der Waals surface area (Å²) >= 11 is 0. The largest absolute Gasteiger partial charge is 0.480 e. The third kappa shape index (κ3) is 7.31. The standard InChI is InChI=1S/C28H36N2O5/c1-19(15-25(31)30(16-26(32)33)18-28(2,3)4)13-14-29-27(34)35-17-24-22-11-7-5-9-20(22)21-10-6-8-12-23(21)24/h5-12,19,24H,13-18H2,1-4H3,(H,29,34)(H,32,33). The Morgan fingerprint density at radius 2 is 1.60 bits per heavy atom. The van der Waals surface area contributed by atoms with E-state index in [0.29, 0.717) is 19.5 Å². The van der Waals surface area contributed by atoms with Gasteiger partial charge in [0, 0.05) is 25.4 Å². The molecular formula is C28H36N2O5. The third-order valence-corrected chi connectivity index (χ3v) is 6.12. The molecule has 1 atom stereocenters. The number of carbonyl (C=O) groups is 3. The Balaban J connectivity index is 1.45. The highest BCUT2D eigenvalue weighted by atomic mass is 16.5. The highest BCUT2D eigenvalue weighted by molar-refractivity contribution is 5.81. The van der Waals surface area contributed by atoms with Gasteiger partial charge in [0.15, 0.2) is 0 Å². The summed E-state index contributed by atoms with van der Waals surface area (Å²) in [6.07, 6.45) is 0.341. The molecule has 0 heterocycles. The maximum Gasteiger partial charge on any atom is 0.407 e. The van der Waals surface area contributed by atoms with Crippen molar-refractivity contribution in [2.24, 2.45) is 11.3 Å². The average molecular weight is 481 g/mol. The van der Waals surface area contributed by atoms with Gasteiger partial charge in [-0.3, -0.25) is 9.59 Å². The van der Waals surface area contributed by atoms with E-state index in [0.717, 1.165) is 11.1 Å². The molecule has 0 saturated heterocycles. The van der Waals surface area contributed by atoms with E-state index < -0.39 is 12.1 Å². The number of benzene rings is 2. The maximum absolute atomic E-state index is 12.7. The van der Waals surface area contributed by atoms with Crippen LogP contribution in [-0.4, -0.2) is 54.2 Å². The molecule has 7 heteroatoms. The normalized spacial score (nSPS) is 13.5. The Hall–Kier alpha value is -3.35. The molecule has 2 aromatic rings. The first-order chi connectivity index (χ1) is 16.5. The maximum atomic E-state index is 12.7. The minimum atomic E-state index is -1.02. The van der Waals surface area contributed by atoms with Gasteiger partial charge in [0.25, 0.3) is 0 Å². The molecule has 3 rings (SSSR count). The van der Waals surface area contributed by atoms with E-state index in [9.17, 15) is 14.4 Å². The molecule has 0 fully saturated rings. The van der Waals surface area contributed by atoms with Crippen molar-refractivity contribution in [1.82, 2.24) is 10.2 Å². The molecular weight excluding hydrogens is 444 g/mol. The van der Waals surface area contributed by atoms with Crippen LogP contribution in [0.25, 0.3) is 11.1 Å². The van der Waals surface area contributed by atoms with Gasteiger partial charge < -0.3 is 20.1 Å². The molecule has 1 aliphatic rings. The minimum Gasteiger partial charge on any atom is -0.480 e. The number of alkyl carbamates (subject to hydrolysis) is 1. The van der Waals surface area contributed by atoms with Crippen LogP contribution in [0, 0.1) is 11.3 Å². The Bertz CT molecular complexity index is 1010. The number of carbonyl (C=O) groups excluding carboxylic acids is 2. The SMILES string of the molecule is CC(CCNC(=O)OCC1c2ccccc2-c2ccccc21)CC(=O)N(CC(=O)O)CC(C)(C)C. The molecule has 35 heavy (non-hydrogen) atoms. The van der Waals surface area contributed by atoms with Crippen molar-refractivity contribution in [2.75, 3.05) is 26.2 Å². The molecule has 188 valence electrons. The zero-order valence-electron chi connectivity index (χ0n) is 21.0. The minimum absolute atomic E-state index is 0.00681. The van der Waals surface area contributed by atoms with Gasteiger partial charge in [-0.1, -0.05) is 76.2 Å². The lowest BCUT2D eigenvalue weighted by Crippen LogP contribution is -2.41. The number of carboxylic acids is 1. The number of aliphatic carboxylic acids is 1. The summed E-state index contributed by atoms with van der Waals surface area (Å²) in [5.41, 5.74) is 4.49. The Morgan fingerprint density at radius 3 is 2.14 bits per heavy atom. The van der Waals surface area contributed by atoms with Gasteiger partial charge in [-0.05, 0) is 40.0 Å². The summed E-state index contributed by atoms with van der Waals surface area (Å²) in [7, 11) is 0. The van der Waals surface area contributed by atoms with Crippen molar-refractivity contribution in [3.8, 4) is 11.1 Å². The number of ether oxygens (including phenoxy) is 1. The molecule has 1 aliphatic carbocycles. The van der Waals surface area contributed by atoms with Gasteiger partial charge in [0.1, 0.15) is 13.2 Å². The highest BCUT2D eigenvalue weighted by Crippen LogP contribution is 2.44. The van der Waals surface area contributed by atoms with E-state index in [-0.39, 0.29) is 42.7 Å². The van der Waals surface area contributed by atoms with Crippen LogP contribution in [0.2, 0.25) is 0 Å². The molecule has 2 N–H and O–H groups in total. The van der Waals surface area contributed by atoms with Crippen LogP contribution < -0.4 is 5.32 Å². The van der Waals surface area contributed by atoms with Crippen molar-refractivity contribution < 1.29 is 24.2 Å². The van der Waals surface area contributed by atoms with Gasteiger partial charge in [-0.15, -0.1) is 0 Å². The Morgan fingerprint density at radius 1 is 1.03 bits per heavy atom. The van der Waals surface area contributed by atoms with Crippen LogP contribution in [0.4, 0.5) is 4.79 Å². The molecule has 0 saturated carbocycles. The Labute approximate surface area is 207 Å². The van der Waals surface area contributed by atoms with E-state index >= 15 is 0 Å². The predicted molar refractivity (Wildman–Crippen MR) is 135 cm³/mol. The monoisotopic (exact) mass is 480 g/mol. The number of fused-ring (bicyclic) bond motifs is 3.